The topological polar surface area (TPSA) is 86.8 Å². The quantitative estimate of drug-likeness (QED) is 0.603. The summed E-state index contributed by atoms with van der Waals surface area (Å²) in [7, 11) is -0.729. The molecule has 0 aliphatic heterocycles. The lowest BCUT2D eigenvalue weighted by atomic mass is 10.1. The lowest BCUT2D eigenvalue weighted by molar-refractivity contribution is -0.140. The molecule has 1 N–H and O–H groups in total. The number of nitrogens with one attached hydrogen (secondary N) is 1. The Labute approximate surface area is 182 Å². The van der Waals surface area contributed by atoms with Crippen molar-refractivity contribution in [3.05, 3.63) is 66.0 Å². The molecule has 0 aliphatic carbocycles. The second-order valence-electron chi connectivity index (χ2n) is 7.15. The molecule has 1 unspecified atom stereocenters. The zero-order valence-electron chi connectivity index (χ0n) is 17.9. The van der Waals surface area contributed by atoms with Crippen molar-refractivity contribution in [1.82, 2.24) is 14.5 Å². The van der Waals surface area contributed by atoms with Gasteiger partial charge in [0, 0.05) is 39.2 Å². The summed E-state index contributed by atoms with van der Waals surface area (Å²) >= 11 is 0. The predicted molar refractivity (Wildman–Crippen MR) is 116 cm³/mol. The van der Waals surface area contributed by atoms with Crippen molar-refractivity contribution in [1.29, 1.82) is 0 Å². The number of nitrogens with zero attached hydrogens (tertiary/aromatic N) is 2. The van der Waals surface area contributed by atoms with E-state index in [1.165, 1.54) is 41.5 Å². The highest BCUT2D eigenvalue weighted by Gasteiger charge is 2.26. The van der Waals surface area contributed by atoms with Crippen LogP contribution < -0.4 is 5.32 Å². The Balaban J connectivity index is 2.06. The maximum Gasteiger partial charge on any atom is 0.242 e. The molecule has 0 spiro atoms. The third-order valence-corrected chi connectivity index (χ3v) is 6.90. The molecule has 2 amide bonds. The molecule has 0 fully saturated rings. The van der Waals surface area contributed by atoms with E-state index in [4.69, 9.17) is 0 Å². The molecule has 9 heteroatoms. The van der Waals surface area contributed by atoms with Crippen LogP contribution in [-0.4, -0.2) is 56.1 Å². The number of carbonyl (C=O) groups excluding carboxylic acids is 2. The zero-order valence-corrected chi connectivity index (χ0v) is 18.7. The second kappa shape index (κ2) is 11.0. The largest absolute Gasteiger partial charge is 0.357 e. The summed E-state index contributed by atoms with van der Waals surface area (Å²) in [6.45, 7) is 1.65. The van der Waals surface area contributed by atoms with Crippen LogP contribution in [0, 0.1) is 5.82 Å². The molecule has 31 heavy (non-hydrogen) atoms. The van der Waals surface area contributed by atoms with Crippen molar-refractivity contribution in [3.8, 4) is 0 Å². The molecule has 2 rings (SSSR count). The number of likely N-dealkylation sites (N-methyl/N-ethyl adjacent to an activating group) is 1. The molecule has 7 nitrogen and oxygen atoms in total. The minimum atomic E-state index is -3.65. The molecule has 0 saturated carbocycles. The second-order valence-corrected chi connectivity index (χ2v) is 9.19. The summed E-state index contributed by atoms with van der Waals surface area (Å²) in [5.74, 6) is -1.18. The Morgan fingerprint density at radius 3 is 2.29 bits per heavy atom. The third-order valence-electron chi connectivity index (χ3n) is 5.03. The molecule has 0 aromatic heterocycles. The molecule has 0 aliphatic rings. The maximum absolute atomic E-state index is 14.1. The molecular formula is C22H28FN3O4S. The van der Waals surface area contributed by atoms with Gasteiger partial charge in [-0.05, 0) is 31.5 Å². The monoisotopic (exact) mass is 449 g/mol. The van der Waals surface area contributed by atoms with Crippen LogP contribution in [0.3, 0.4) is 0 Å². The molecule has 0 radical (unpaired) electrons. The Bertz CT molecular complexity index is 999. The smallest absolute Gasteiger partial charge is 0.242 e. The number of hydrogen-bond donors (Lipinski definition) is 1. The van der Waals surface area contributed by atoms with Gasteiger partial charge in [-0.1, -0.05) is 36.4 Å². The molecule has 1 atom stereocenters. The first-order chi connectivity index (χ1) is 14.7. The fourth-order valence-electron chi connectivity index (χ4n) is 3.09. The van der Waals surface area contributed by atoms with Crippen LogP contribution in [-0.2, 0) is 26.2 Å². The molecule has 0 bridgehead atoms. The van der Waals surface area contributed by atoms with Gasteiger partial charge in [-0.25, -0.2) is 17.1 Å². The van der Waals surface area contributed by atoms with E-state index in [9.17, 15) is 22.4 Å². The maximum atomic E-state index is 14.1. The highest BCUT2D eigenvalue weighted by molar-refractivity contribution is 7.89. The lowest BCUT2D eigenvalue weighted by Gasteiger charge is -2.29. The number of halogens is 1. The number of sulfonamides is 1. The first kappa shape index (κ1) is 24.5. The Hall–Kier alpha value is -2.78. The SMILES string of the molecule is CNC(=O)C(C)N(Cc1ccccc1F)C(=O)CCCN(C)S(=O)(=O)c1ccccc1. The van der Waals surface area contributed by atoms with E-state index in [2.05, 4.69) is 5.32 Å². The van der Waals surface area contributed by atoms with Crippen molar-refractivity contribution in [2.75, 3.05) is 20.6 Å². The van der Waals surface area contributed by atoms with Crippen LogP contribution >= 0.6 is 0 Å². The summed E-state index contributed by atoms with van der Waals surface area (Å²) in [5.41, 5.74) is 0.301. The predicted octanol–water partition coefficient (Wildman–Crippen LogP) is 2.39. The van der Waals surface area contributed by atoms with Crippen LogP contribution in [0.4, 0.5) is 4.39 Å². The van der Waals surface area contributed by atoms with E-state index in [0.717, 1.165) is 0 Å². The third kappa shape index (κ3) is 6.35. The van der Waals surface area contributed by atoms with E-state index in [1.54, 1.807) is 43.3 Å². The minimum absolute atomic E-state index is 0.0183. The van der Waals surface area contributed by atoms with E-state index >= 15 is 0 Å². The molecule has 0 saturated heterocycles. The molecular weight excluding hydrogens is 421 g/mol. The lowest BCUT2D eigenvalue weighted by Crippen LogP contribution is -2.47. The molecule has 168 valence electrons. The van der Waals surface area contributed by atoms with E-state index < -0.39 is 21.9 Å². The van der Waals surface area contributed by atoms with Crippen molar-refractivity contribution in [3.63, 3.8) is 0 Å². The normalized spacial score (nSPS) is 12.4. The van der Waals surface area contributed by atoms with Gasteiger partial charge in [0.1, 0.15) is 11.9 Å². The van der Waals surface area contributed by atoms with Crippen LogP contribution in [0.15, 0.2) is 59.5 Å². The highest BCUT2D eigenvalue weighted by Crippen LogP contribution is 2.17. The van der Waals surface area contributed by atoms with Gasteiger partial charge in [-0.15, -0.1) is 0 Å². The van der Waals surface area contributed by atoms with Crippen molar-refractivity contribution in [2.45, 2.75) is 37.2 Å². The van der Waals surface area contributed by atoms with Gasteiger partial charge in [-0.2, -0.15) is 0 Å². The van der Waals surface area contributed by atoms with E-state index in [0.29, 0.717) is 5.56 Å². The summed E-state index contributed by atoms with van der Waals surface area (Å²) in [4.78, 5) is 26.5. The van der Waals surface area contributed by atoms with Gasteiger partial charge in [0.05, 0.1) is 4.90 Å². The number of rotatable bonds is 10. The fourth-order valence-corrected chi connectivity index (χ4v) is 4.32. The summed E-state index contributed by atoms with van der Waals surface area (Å²) in [5, 5.41) is 2.50. The summed E-state index contributed by atoms with van der Waals surface area (Å²) < 4.78 is 40.5. The first-order valence-corrected chi connectivity index (χ1v) is 11.4. The first-order valence-electron chi connectivity index (χ1n) is 9.94. The van der Waals surface area contributed by atoms with Crippen molar-refractivity contribution >= 4 is 21.8 Å². The van der Waals surface area contributed by atoms with Crippen LogP contribution in [0.2, 0.25) is 0 Å². The average Bonchev–Trinajstić information content (AvgIpc) is 2.77. The van der Waals surface area contributed by atoms with Gasteiger partial charge in [-0.3, -0.25) is 9.59 Å². The molecule has 0 heterocycles. The Morgan fingerprint density at radius 1 is 1.06 bits per heavy atom. The molecule has 2 aromatic carbocycles. The molecule has 2 aromatic rings. The number of hydrogen-bond acceptors (Lipinski definition) is 4. The van der Waals surface area contributed by atoms with Crippen LogP contribution in [0.5, 0.6) is 0 Å². The van der Waals surface area contributed by atoms with Gasteiger partial charge >= 0.3 is 0 Å². The van der Waals surface area contributed by atoms with Gasteiger partial charge < -0.3 is 10.2 Å². The van der Waals surface area contributed by atoms with Gasteiger partial charge in [0.25, 0.3) is 0 Å². The number of amides is 2. The van der Waals surface area contributed by atoms with E-state index in [-0.39, 0.29) is 42.6 Å². The average molecular weight is 450 g/mol. The summed E-state index contributed by atoms with van der Waals surface area (Å²) in [6.07, 6.45) is 0.278. The fraction of sp³-hybridized carbons (Fsp3) is 0.364. The number of carbonyl (C=O) groups is 2. The number of benzene rings is 2. The van der Waals surface area contributed by atoms with Crippen molar-refractivity contribution < 1.29 is 22.4 Å². The van der Waals surface area contributed by atoms with Crippen molar-refractivity contribution in [2.24, 2.45) is 0 Å². The standard InChI is InChI=1S/C22H28FN3O4S/c1-17(22(28)24-2)26(16-18-10-7-8-13-20(18)23)21(27)14-9-15-25(3)31(29,30)19-11-5-4-6-12-19/h4-8,10-13,17H,9,14-16H2,1-3H3,(H,24,28). The van der Waals surface area contributed by atoms with Gasteiger partial charge in [0.2, 0.25) is 21.8 Å². The zero-order chi connectivity index (χ0) is 23.0. The van der Waals surface area contributed by atoms with Gasteiger partial charge in [0.15, 0.2) is 0 Å². The van der Waals surface area contributed by atoms with E-state index in [1.807, 2.05) is 0 Å². The summed E-state index contributed by atoms with van der Waals surface area (Å²) in [6, 6.07) is 13.3. The Kier molecular flexibility index (Phi) is 8.70. The van der Waals surface area contributed by atoms with Crippen LogP contribution in [0.1, 0.15) is 25.3 Å². The Morgan fingerprint density at radius 2 is 1.68 bits per heavy atom. The van der Waals surface area contributed by atoms with Crippen LogP contribution in [0.25, 0.3) is 0 Å². The minimum Gasteiger partial charge on any atom is -0.357 e. The highest BCUT2D eigenvalue weighted by atomic mass is 32.2.